The highest BCUT2D eigenvalue weighted by molar-refractivity contribution is 6.31. The van der Waals surface area contributed by atoms with Crippen molar-refractivity contribution >= 4 is 23.3 Å². The average molecular weight is 276 g/mol. The highest BCUT2D eigenvalue weighted by Gasteiger charge is 2.11. The van der Waals surface area contributed by atoms with Gasteiger partial charge < -0.3 is 10.6 Å². The van der Waals surface area contributed by atoms with Gasteiger partial charge in [-0.05, 0) is 23.8 Å². The van der Waals surface area contributed by atoms with Gasteiger partial charge in [-0.2, -0.15) is 0 Å². The van der Waals surface area contributed by atoms with Gasteiger partial charge >= 0.3 is 0 Å². The Bertz CT molecular complexity index is 586. The summed E-state index contributed by atoms with van der Waals surface area (Å²) in [6.07, 6.45) is 1.64. The van der Waals surface area contributed by atoms with E-state index in [2.05, 4.69) is 15.6 Å². The number of anilines is 1. The molecular weight excluding hydrogens is 262 g/mol. The molecule has 0 spiro atoms. The second-order valence-corrected chi connectivity index (χ2v) is 4.33. The first-order chi connectivity index (χ1) is 9.22. The summed E-state index contributed by atoms with van der Waals surface area (Å²) in [7, 11) is 1.73. The smallest absolute Gasteiger partial charge is 0.255 e. The fraction of sp³-hybridized carbons (Fsp3) is 0.143. The van der Waals surface area contributed by atoms with Crippen LogP contribution in [0.15, 0.2) is 42.6 Å². The number of hydrogen-bond acceptors (Lipinski definition) is 3. The lowest BCUT2D eigenvalue weighted by molar-refractivity contribution is 0.0951. The normalized spacial score (nSPS) is 10.0. The summed E-state index contributed by atoms with van der Waals surface area (Å²) >= 11 is 6.04. The predicted molar refractivity (Wildman–Crippen MR) is 76.4 cm³/mol. The van der Waals surface area contributed by atoms with E-state index in [-0.39, 0.29) is 5.91 Å². The van der Waals surface area contributed by atoms with Crippen LogP contribution in [0.2, 0.25) is 5.02 Å². The zero-order chi connectivity index (χ0) is 13.7. The molecule has 0 aliphatic rings. The SMILES string of the molecule is CNc1ncccc1C(=O)NCc1ccccc1Cl. The third-order valence-corrected chi connectivity index (χ3v) is 3.06. The molecule has 0 saturated heterocycles. The maximum Gasteiger partial charge on any atom is 0.255 e. The molecule has 0 bridgehead atoms. The van der Waals surface area contributed by atoms with Crippen LogP contribution in [0.3, 0.4) is 0 Å². The van der Waals surface area contributed by atoms with Gasteiger partial charge in [0.15, 0.2) is 0 Å². The maximum absolute atomic E-state index is 12.1. The van der Waals surface area contributed by atoms with Crippen LogP contribution in [0.4, 0.5) is 5.82 Å². The van der Waals surface area contributed by atoms with Crippen molar-refractivity contribution in [2.45, 2.75) is 6.54 Å². The summed E-state index contributed by atoms with van der Waals surface area (Å²) in [6.45, 7) is 0.385. The topological polar surface area (TPSA) is 54.0 Å². The fourth-order valence-corrected chi connectivity index (χ4v) is 1.90. The van der Waals surface area contributed by atoms with E-state index in [0.29, 0.717) is 22.9 Å². The van der Waals surface area contributed by atoms with Gasteiger partial charge in [-0.15, -0.1) is 0 Å². The van der Waals surface area contributed by atoms with Gasteiger partial charge in [-0.3, -0.25) is 4.79 Å². The van der Waals surface area contributed by atoms with E-state index in [1.807, 2.05) is 18.2 Å². The molecule has 2 aromatic rings. The largest absolute Gasteiger partial charge is 0.372 e. The number of rotatable bonds is 4. The van der Waals surface area contributed by atoms with Crippen molar-refractivity contribution in [1.29, 1.82) is 0 Å². The standard InChI is InChI=1S/C14H14ClN3O/c1-16-13-11(6-4-8-17-13)14(19)18-9-10-5-2-3-7-12(10)15/h2-8H,9H2,1H3,(H,16,17)(H,18,19). The van der Waals surface area contributed by atoms with E-state index in [9.17, 15) is 4.79 Å². The summed E-state index contributed by atoms with van der Waals surface area (Å²) in [5.74, 6) is 0.372. The summed E-state index contributed by atoms with van der Waals surface area (Å²) in [4.78, 5) is 16.2. The fourth-order valence-electron chi connectivity index (χ4n) is 1.70. The second kappa shape index (κ2) is 6.20. The minimum atomic E-state index is -0.183. The first-order valence-electron chi connectivity index (χ1n) is 5.86. The number of nitrogens with one attached hydrogen (secondary N) is 2. The molecule has 5 heteroatoms. The van der Waals surface area contributed by atoms with E-state index in [1.54, 1.807) is 31.4 Å². The molecule has 98 valence electrons. The molecule has 0 fully saturated rings. The molecule has 1 aromatic heterocycles. The van der Waals surface area contributed by atoms with Crippen molar-refractivity contribution in [3.8, 4) is 0 Å². The molecule has 1 amide bonds. The molecule has 4 nitrogen and oxygen atoms in total. The maximum atomic E-state index is 12.1. The number of carbonyl (C=O) groups is 1. The van der Waals surface area contributed by atoms with Crippen LogP contribution in [-0.2, 0) is 6.54 Å². The Kier molecular flexibility index (Phi) is 4.36. The Balaban J connectivity index is 2.08. The molecule has 0 atom stereocenters. The number of nitrogens with zero attached hydrogens (tertiary/aromatic N) is 1. The molecule has 0 unspecified atom stereocenters. The lowest BCUT2D eigenvalue weighted by Gasteiger charge is -2.09. The van der Waals surface area contributed by atoms with Crippen molar-refractivity contribution < 1.29 is 4.79 Å². The zero-order valence-electron chi connectivity index (χ0n) is 10.5. The first-order valence-corrected chi connectivity index (χ1v) is 6.24. The van der Waals surface area contributed by atoms with Crippen LogP contribution in [0, 0.1) is 0 Å². The number of pyridine rings is 1. The van der Waals surface area contributed by atoms with Crippen LogP contribution in [-0.4, -0.2) is 17.9 Å². The zero-order valence-corrected chi connectivity index (χ0v) is 11.2. The minimum absolute atomic E-state index is 0.183. The third kappa shape index (κ3) is 3.23. The van der Waals surface area contributed by atoms with Crippen LogP contribution in [0.25, 0.3) is 0 Å². The molecule has 0 radical (unpaired) electrons. The molecule has 2 rings (SSSR count). The van der Waals surface area contributed by atoms with E-state index >= 15 is 0 Å². The average Bonchev–Trinajstić information content (AvgIpc) is 2.46. The molecule has 1 aromatic carbocycles. The molecule has 1 heterocycles. The second-order valence-electron chi connectivity index (χ2n) is 3.92. The number of benzene rings is 1. The van der Waals surface area contributed by atoms with Crippen LogP contribution < -0.4 is 10.6 Å². The van der Waals surface area contributed by atoms with Crippen molar-refractivity contribution in [2.75, 3.05) is 12.4 Å². The van der Waals surface area contributed by atoms with Gasteiger partial charge in [0.1, 0.15) is 5.82 Å². The lowest BCUT2D eigenvalue weighted by atomic mass is 10.2. The highest BCUT2D eigenvalue weighted by atomic mass is 35.5. The molecule has 0 aliphatic heterocycles. The van der Waals surface area contributed by atoms with Crippen molar-refractivity contribution in [2.24, 2.45) is 0 Å². The number of carbonyl (C=O) groups excluding carboxylic acids is 1. The van der Waals surface area contributed by atoms with E-state index in [1.165, 1.54) is 0 Å². The van der Waals surface area contributed by atoms with Crippen molar-refractivity contribution in [3.63, 3.8) is 0 Å². The Labute approximate surface area is 116 Å². The summed E-state index contributed by atoms with van der Waals surface area (Å²) in [5.41, 5.74) is 1.39. The molecule has 2 N–H and O–H groups in total. The van der Waals surface area contributed by atoms with Crippen LogP contribution in [0.5, 0.6) is 0 Å². The molecular formula is C14H14ClN3O. The van der Waals surface area contributed by atoms with Gasteiger partial charge in [0.25, 0.3) is 5.91 Å². The number of halogens is 1. The van der Waals surface area contributed by atoms with Crippen LogP contribution in [0.1, 0.15) is 15.9 Å². The first kappa shape index (κ1) is 13.4. The molecule has 19 heavy (non-hydrogen) atoms. The molecule has 0 saturated carbocycles. The summed E-state index contributed by atoms with van der Waals surface area (Å²) < 4.78 is 0. The van der Waals surface area contributed by atoms with E-state index in [0.717, 1.165) is 5.56 Å². The van der Waals surface area contributed by atoms with Gasteiger partial charge in [-0.25, -0.2) is 4.98 Å². The Morgan fingerprint density at radius 1 is 1.26 bits per heavy atom. The number of hydrogen-bond donors (Lipinski definition) is 2. The predicted octanol–water partition coefficient (Wildman–Crippen LogP) is 2.71. The molecule has 0 aliphatic carbocycles. The quantitative estimate of drug-likeness (QED) is 0.902. The van der Waals surface area contributed by atoms with Crippen LogP contribution >= 0.6 is 11.6 Å². The van der Waals surface area contributed by atoms with Gasteiger partial charge in [-0.1, -0.05) is 29.8 Å². The Morgan fingerprint density at radius 2 is 2.05 bits per heavy atom. The number of aromatic nitrogens is 1. The summed E-state index contributed by atoms with van der Waals surface area (Å²) in [6, 6.07) is 10.9. The van der Waals surface area contributed by atoms with Crippen molar-refractivity contribution in [3.05, 3.63) is 58.7 Å². The van der Waals surface area contributed by atoms with E-state index in [4.69, 9.17) is 11.6 Å². The monoisotopic (exact) mass is 275 g/mol. The highest BCUT2D eigenvalue weighted by Crippen LogP contribution is 2.15. The minimum Gasteiger partial charge on any atom is -0.372 e. The Morgan fingerprint density at radius 3 is 2.79 bits per heavy atom. The Hall–Kier alpha value is -2.07. The van der Waals surface area contributed by atoms with Gasteiger partial charge in [0.05, 0.1) is 5.56 Å². The van der Waals surface area contributed by atoms with Crippen molar-refractivity contribution in [1.82, 2.24) is 10.3 Å². The van der Waals surface area contributed by atoms with E-state index < -0.39 is 0 Å². The lowest BCUT2D eigenvalue weighted by Crippen LogP contribution is -2.24. The van der Waals surface area contributed by atoms with Gasteiger partial charge in [0, 0.05) is 24.8 Å². The summed E-state index contributed by atoms with van der Waals surface area (Å²) in [5, 5.41) is 6.36. The number of amides is 1. The third-order valence-electron chi connectivity index (χ3n) is 2.69. The van der Waals surface area contributed by atoms with Gasteiger partial charge in [0.2, 0.25) is 0 Å².